The molecular formula is C13H18N2. The highest BCUT2D eigenvalue weighted by molar-refractivity contribution is 5.40. The lowest BCUT2D eigenvalue weighted by Crippen LogP contribution is -2.40. The van der Waals surface area contributed by atoms with Crippen molar-refractivity contribution in [2.45, 2.75) is 25.4 Å². The van der Waals surface area contributed by atoms with Gasteiger partial charge in [-0.05, 0) is 30.7 Å². The van der Waals surface area contributed by atoms with Crippen LogP contribution in [0, 0.1) is 6.92 Å². The summed E-state index contributed by atoms with van der Waals surface area (Å²) in [5.74, 6) is 0.707. The smallest absolute Gasteiger partial charge is 0.0302 e. The van der Waals surface area contributed by atoms with Gasteiger partial charge in [0.15, 0.2) is 0 Å². The average Bonchev–Trinajstić information content (AvgIpc) is 2.69. The minimum absolute atomic E-state index is 0.707. The number of aryl methyl sites for hydroxylation is 1. The zero-order chi connectivity index (χ0) is 10.4. The van der Waals surface area contributed by atoms with Crippen molar-refractivity contribution in [1.29, 1.82) is 0 Å². The third kappa shape index (κ3) is 1.32. The average molecular weight is 202 g/mol. The van der Waals surface area contributed by atoms with Crippen LogP contribution >= 0.6 is 0 Å². The van der Waals surface area contributed by atoms with Gasteiger partial charge < -0.3 is 5.32 Å². The van der Waals surface area contributed by atoms with Crippen LogP contribution in [0.3, 0.4) is 0 Å². The lowest BCUT2D eigenvalue weighted by Gasteiger charge is -2.36. The Kier molecular flexibility index (Phi) is 2.08. The van der Waals surface area contributed by atoms with E-state index in [-0.39, 0.29) is 0 Å². The molecule has 1 aromatic rings. The second kappa shape index (κ2) is 3.32. The maximum Gasteiger partial charge on any atom is 0.0302 e. The summed E-state index contributed by atoms with van der Waals surface area (Å²) in [5, 5.41) is 3.51. The van der Waals surface area contributed by atoms with Crippen molar-refractivity contribution < 1.29 is 0 Å². The van der Waals surface area contributed by atoms with Gasteiger partial charge in [0.25, 0.3) is 0 Å². The van der Waals surface area contributed by atoms with E-state index in [0.717, 1.165) is 19.6 Å². The number of hydrogen-bond acceptors (Lipinski definition) is 2. The van der Waals surface area contributed by atoms with E-state index >= 15 is 0 Å². The molecule has 0 radical (unpaired) electrons. The van der Waals surface area contributed by atoms with Gasteiger partial charge in [0.2, 0.25) is 0 Å². The van der Waals surface area contributed by atoms with Crippen LogP contribution in [-0.4, -0.2) is 31.1 Å². The van der Waals surface area contributed by atoms with E-state index in [4.69, 9.17) is 0 Å². The summed E-state index contributed by atoms with van der Waals surface area (Å²) in [5.41, 5.74) is 4.60. The van der Waals surface area contributed by atoms with E-state index in [1.165, 1.54) is 5.56 Å². The van der Waals surface area contributed by atoms with Crippen LogP contribution in [-0.2, 0) is 6.54 Å². The third-order valence-corrected chi connectivity index (χ3v) is 4.00. The fourth-order valence-corrected chi connectivity index (χ4v) is 3.10. The molecule has 0 unspecified atom stereocenters. The van der Waals surface area contributed by atoms with Gasteiger partial charge in [-0.15, -0.1) is 0 Å². The van der Waals surface area contributed by atoms with E-state index in [1.807, 2.05) is 0 Å². The number of hydrogen-bond donors (Lipinski definition) is 1. The quantitative estimate of drug-likeness (QED) is 0.686. The molecule has 0 bridgehead atoms. The molecule has 1 N–H and O–H groups in total. The molecule has 2 atom stereocenters. The summed E-state index contributed by atoms with van der Waals surface area (Å²) >= 11 is 0. The van der Waals surface area contributed by atoms with E-state index in [0.29, 0.717) is 12.0 Å². The Morgan fingerprint density at radius 3 is 3.07 bits per heavy atom. The van der Waals surface area contributed by atoms with Crippen molar-refractivity contribution in [3.8, 4) is 0 Å². The molecule has 0 saturated carbocycles. The Labute approximate surface area is 91.3 Å². The highest BCUT2D eigenvalue weighted by Crippen LogP contribution is 2.35. The topological polar surface area (TPSA) is 15.3 Å². The Balaban J connectivity index is 2.11. The Hall–Kier alpha value is -0.860. The Morgan fingerprint density at radius 1 is 1.33 bits per heavy atom. The molecule has 2 nitrogen and oxygen atoms in total. The van der Waals surface area contributed by atoms with E-state index < -0.39 is 0 Å². The van der Waals surface area contributed by atoms with Crippen LogP contribution in [0.4, 0.5) is 0 Å². The normalized spacial score (nSPS) is 30.0. The summed E-state index contributed by atoms with van der Waals surface area (Å²) in [7, 11) is 2.25. The maximum absolute atomic E-state index is 3.51. The van der Waals surface area contributed by atoms with Crippen LogP contribution in [0.1, 0.15) is 22.6 Å². The molecule has 0 spiro atoms. The standard InChI is InChI=1S/C13H18N2/c1-9-4-3-5-10-11-6-14-7-13(11)15(2)8-12(9)10/h3-5,11,13-14H,6-8H2,1-2H3/t11-,13+/m1/s1. The monoisotopic (exact) mass is 202 g/mol. The van der Waals surface area contributed by atoms with Crippen LogP contribution in [0.2, 0.25) is 0 Å². The van der Waals surface area contributed by atoms with Crippen molar-refractivity contribution in [2.75, 3.05) is 20.1 Å². The predicted octanol–water partition coefficient (Wildman–Crippen LogP) is 1.50. The van der Waals surface area contributed by atoms with Gasteiger partial charge in [-0.1, -0.05) is 18.2 Å². The van der Waals surface area contributed by atoms with Gasteiger partial charge in [-0.3, -0.25) is 4.90 Å². The van der Waals surface area contributed by atoms with E-state index in [9.17, 15) is 0 Å². The molecular weight excluding hydrogens is 184 g/mol. The first-order valence-electron chi connectivity index (χ1n) is 5.76. The summed E-state index contributed by atoms with van der Waals surface area (Å²) < 4.78 is 0. The fraction of sp³-hybridized carbons (Fsp3) is 0.538. The maximum atomic E-state index is 3.51. The van der Waals surface area contributed by atoms with Gasteiger partial charge in [0.05, 0.1) is 0 Å². The Bertz CT molecular complexity index is 386. The summed E-state index contributed by atoms with van der Waals surface area (Å²) in [6.07, 6.45) is 0. The van der Waals surface area contributed by atoms with Gasteiger partial charge >= 0.3 is 0 Å². The molecule has 2 aliphatic heterocycles. The van der Waals surface area contributed by atoms with Gasteiger partial charge in [0, 0.05) is 31.6 Å². The molecule has 2 heteroatoms. The van der Waals surface area contributed by atoms with Crippen molar-refractivity contribution in [2.24, 2.45) is 0 Å². The highest BCUT2D eigenvalue weighted by atomic mass is 15.2. The molecule has 3 rings (SSSR count). The largest absolute Gasteiger partial charge is 0.314 e. The molecule has 0 amide bonds. The number of nitrogens with one attached hydrogen (secondary N) is 1. The van der Waals surface area contributed by atoms with Crippen molar-refractivity contribution in [1.82, 2.24) is 10.2 Å². The van der Waals surface area contributed by atoms with Crippen LogP contribution in [0.25, 0.3) is 0 Å². The van der Waals surface area contributed by atoms with E-state index in [1.54, 1.807) is 11.1 Å². The minimum atomic E-state index is 0.707. The first-order valence-corrected chi connectivity index (χ1v) is 5.76. The summed E-state index contributed by atoms with van der Waals surface area (Å²) in [6.45, 7) is 5.64. The Morgan fingerprint density at radius 2 is 2.20 bits per heavy atom. The fourth-order valence-electron chi connectivity index (χ4n) is 3.10. The predicted molar refractivity (Wildman–Crippen MR) is 62.0 cm³/mol. The second-order valence-electron chi connectivity index (χ2n) is 4.89. The molecule has 0 aromatic heterocycles. The lowest BCUT2D eigenvalue weighted by atomic mass is 9.84. The van der Waals surface area contributed by atoms with Gasteiger partial charge in [-0.2, -0.15) is 0 Å². The minimum Gasteiger partial charge on any atom is -0.314 e. The number of fused-ring (bicyclic) bond motifs is 3. The molecule has 2 aliphatic rings. The van der Waals surface area contributed by atoms with E-state index in [2.05, 4.69) is 42.4 Å². The number of nitrogens with zero attached hydrogens (tertiary/aromatic N) is 1. The molecule has 1 aromatic carbocycles. The lowest BCUT2D eigenvalue weighted by molar-refractivity contribution is 0.213. The van der Waals surface area contributed by atoms with Crippen LogP contribution in [0.5, 0.6) is 0 Å². The number of rotatable bonds is 0. The van der Waals surface area contributed by atoms with Gasteiger partial charge in [-0.25, -0.2) is 0 Å². The highest BCUT2D eigenvalue weighted by Gasteiger charge is 2.36. The van der Waals surface area contributed by atoms with Crippen molar-refractivity contribution in [3.05, 3.63) is 34.9 Å². The van der Waals surface area contributed by atoms with Crippen molar-refractivity contribution >= 4 is 0 Å². The number of likely N-dealkylation sites (N-methyl/N-ethyl adjacent to an activating group) is 1. The summed E-state index contributed by atoms with van der Waals surface area (Å²) in [4.78, 5) is 2.50. The zero-order valence-corrected chi connectivity index (χ0v) is 9.46. The third-order valence-electron chi connectivity index (χ3n) is 4.00. The molecule has 1 saturated heterocycles. The van der Waals surface area contributed by atoms with Crippen LogP contribution in [0.15, 0.2) is 18.2 Å². The SMILES string of the molecule is Cc1cccc2c1CN(C)[C@H]1CNC[C@H]21. The second-order valence-corrected chi connectivity index (χ2v) is 4.89. The van der Waals surface area contributed by atoms with Crippen LogP contribution < -0.4 is 5.32 Å². The molecule has 15 heavy (non-hydrogen) atoms. The first-order chi connectivity index (χ1) is 7.27. The molecule has 2 heterocycles. The molecule has 0 aliphatic carbocycles. The molecule has 1 fully saturated rings. The number of benzene rings is 1. The zero-order valence-electron chi connectivity index (χ0n) is 9.46. The first kappa shape index (κ1) is 9.37. The molecule has 80 valence electrons. The summed E-state index contributed by atoms with van der Waals surface area (Å²) in [6, 6.07) is 7.46. The van der Waals surface area contributed by atoms with Crippen molar-refractivity contribution in [3.63, 3.8) is 0 Å². The van der Waals surface area contributed by atoms with Gasteiger partial charge in [0.1, 0.15) is 0 Å².